The highest BCUT2D eigenvalue weighted by Crippen LogP contribution is 2.44. The molecular weight excluding hydrogens is 430 g/mol. The zero-order valence-electron chi connectivity index (χ0n) is 16.2. The first-order chi connectivity index (χ1) is 14.2. The Bertz CT molecular complexity index is 989. The van der Waals surface area contributed by atoms with E-state index >= 15 is 0 Å². The summed E-state index contributed by atoms with van der Waals surface area (Å²) in [5, 5.41) is 2.84. The predicted octanol–water partition coefficient (Wildman–Crippen LogP) is 5.54. The summed E-state index contributed by atoms with van der Waals surface area (Å²) in [5.74, 6) is 0.854. The SMILES string of the molecule is COc1cc(CCNC(=O)OCC2c3ccccc3-c3ccccc32)ccc1Br. The summed E-state index contributed by atoms with van der Waals surface area (Å²) in [4.78, 5) is 12.2. The topological polar surface area (TPSA) is 47.6 Å². The summed E-state index contributed by atoms with van der Waals surface area (Å²) in [5.41, 5.74) is 5.96. The maximum absolute atomic E-state index is 12.2. The number of carbonyl (C=O) groups is 1. The van der Waals surface area contributed by atoms with Crippen molar-refractivity contribution in [3.8, 4) is 16.9 Å². The van der Waals surface area contributed by atoms with Gasteiger partial charge in [0.2, 0.25) is 0 Å². The van der Waals surface area contributed by atoms with Crippen LogP contribution in [0.1, 0.15) is 22.6 Å². The molecule has 5 heteroatoms. The number of ether oxygens (including phenoxy) is 2. The van der Waals surface area contributed by atoms with E-state index in [9.17, 15) is 4.79 Å². The highest BCUT2D eigenvalue weighted by Gasteiger charge is 2.28. The molecule has 0 fully saturated rings. The zero-order valence-corrected chi connectivity index (χ0v) is 17.7. The Morgan fingerprint density at radius 1 is 1.00 bits per heavy atom. The normalized spacial score (nSPS) is 12.2. The molecule has 1 aliphatic rings. The van der Waals surface area contributed by atoms with Crippen LogP contribution in [0.25, 0.3) is 11.1 Å². The van der Waals surface area contributed by atoms with Crippen molar-refractivity contribution in [3.63, 3.8) is 0 Å². The number of methoxy groups -OCH3 is 1. The van der Waals surface area contributed by atoms with Gasteiger partial charge in [0.15, 0.2) is 0 Å². The lowest BCUT2D eigenvalue weighted by Gasteiger charge is -2.14. The number of alkyl carbamates (subject to hydrolysis) is 1. The Morgan fingerprint density at radius 2 is 1.66 bits per heavy atom. The van der Waals surface area contributed by atoms with Crippen molar-refractivity contribution in [1.29, 1.82) is 0 Å². The molecule has 1 amide bonds. The van der Waals surface area contributed by atoms with Gasteiger partial charge in [-0.1, -0.05) is 54.6 Å². The summed E-state index contributed by atoms with van der Waals surface area (Å²) in [6.45, 7) is 0.827. The van der Waals surface area contributed by atoms with Crippen LogP contribution >= 0.6 is 15.9 Å². The second-order valence-electron chi connectivity index (χ2n) is 6.97. The van der Waals surface area contributed by atoms with Crippen LogP contribution in [-0.4, -0.2) is 26.4 Å². The largest absolute Gasteiger partial charge is 0.496 e. The van der Waals surface area contributed by atoms with E-state index in [1.54, 1.807) is 7.11 Å². The lowest BCUT2D eigenvalue weighted by molar-refractivity contribution is 0.143. The molecule has 0 heterocycles. The monoisotopic (exact) mass is 451 g/mol. The minimum atomic E-state index is -0.393. The summed E-state index contributed by atoms with van der Waals surface area (Å²) in [7, 11) is 1.64. The van der Waals surface area contributed by atoms with Gasteiger partial charge in [-0.25, -0.2) is 4.79 Å². The molecule has 4 nitrogen and oxygen atoms in total. The Kier molecular flexibility index (Phi) is 5.86. The third-order valence-electron chi connectivity index (χ3n) is 5.24. The molecule has 0 radical (unpaired) electrons. The van der Waals surface area contributed by atoms with Crippen LogP contribution in [0.2, 0.25) is 0 Å². The molecule has 0 aliphatic heterocycles. The second kappa shape index (κ2) is 8.70. The Balaban J connectivity index is 1.33. The fraction of sp³-hybridized carbons (Fsp3) is 0.208. The van der Waals surface area contributed by atoms with Crippen molar-refractivity contribution < 1.29 is 14.3 Å². The van der Waals surface area contributed by atoms with Crippen LogP contribution < -0.4 is 10.1 Å². The van der Waals surface area contributed by atoms with Gasteiger partial charge in [0.05, 0.1) is 11.6 Å². The van der Waals surface area contributed by atoms with E-state index in [2.05, 4.69) is 45.5 Å². The van der Waals surface area contributed by atoms with E-state index in [1.165, 1.54) is 22.3 Å². The van der Waals surface area contributed by atoms with Crippen LogP contribution in [0.3, 0.4) is 0 Å². The number of rotatable bonds is 6. The summed E-state index contributed by atoms with van der Waals surface area (Å²) in [6, 6.07) is 22.5. The van der Waals surface area contributed by atoms with Crippen LogP contribution in [-0.2, 0) is 11.2 Å². The van der Waals surface area contributed by atoms with Crippen molar-refractivity contribution in [3.05, 3.63) is 87.9 Å². The van der Waals surface area contributed by atoms with Crippen molar-refractivity contribution in [2.45, 2.75) is 12.3 Å². The van der Waals surface area contributed by atoms with Crippen molar-refractivity contribution in [2.75, 3.05) is 20.3 Å². The quantitative estimate of drug-likeness (QED) is 0.535. The molecule has 1 aliphatic carbocycles. The van der Waals surface area contributed by atoms with E-state index < -0.39 is 6.09 Å². The maximum atomic E-state index is 12.2. The standard InChI is InChI=1S/C24H22BrNO3/c1-28-23-14-16(10-11-22(23)25)12-13-26-24(27)29-15-21-19-8-4-2-6-17(19)18-7-3-5-9-20(18)21/h2-11,14,21H,12-13,15H2,1H3,(H,26,27). The molecule has 0 spiro atoms. The molecule has 0 aromatic heterocycles. The van der Waals surface area contributed by atoms with Gasteiger partial charge in [-0.3, -0.25) is 0 Å². The molecule has 3 aromatic carbocycles. The van der Waals surface area contributed by atoms with Gasteiger partial charge in [0, 0.05) is 12.5 Å². The number of hydrogen-bond donors (Lipinski definition) is 1. The van der Waals surface area contributed by atoms with E-state index in [0.29, 0.717) is 19.6 Å². The number of amides is 1. The third-order valence-corrected chi connectivity index (χ3v) is 5.90. The first-order valence-corrected chi connectivity index (χ1v) is 10.4. The average molecular weight is 452 g/mol. The lowest BCUT2D eigenvalue weighted by Crippen LogP contribution is -2.28. The molecule has 3 aromatic rings. The summed E-state index contributed by atoms with van der Waals surface area (Å²) < 4.78 is 11.8. The first kappa shape index (κ1) is 19.5. The van der Waals surface area contributed by atoms with Gasteiger partial charge in [-0.15, -0.1) is 0 Å². The zero-order chi connectivity index (χ0) is 20.2. The first-order valence-electron chi connectivity index (χ1n) is 9.58. The van der Waals surface area contributed by atoms with Gasteiger partial charge in [0.1, 0.15) is 12.4 Å². The van der Waals surface area contributed by atoms with E-state index in [0.717, 1.165) is 15.8 Å². The lowest BCUT2D eigenvalue weighted by atomic mass is 9.98. The van der Waals surface area contributed by atoms with Crippen molar-refractivity contribution >= 4 is 22.0 Å². The Morgan fingerprint density at radius 3 is 2.31 bits per heavy atom. The van der Waals surface area contributed by atoms with Crippen LogP contribution in [0.4, 0.5) is 4.79 Å². The molecule has 0 bridgehead atoms. The number of hydrogen-bond acceptors (Lipinski definition) is 3. The van der Waals surface area contributed by atoms with Crippen molar-refractivity contribution in [1.82, 2.24) is 5.32 Å². The number of nitrogens with one attached hydrogen (secondary N) is 1. The number of benzene rings is 3. The average Bonchev–Trinajstić information content (AvgIpc) is 3.07. The molecular formula is C24H22BrNO3. The number of carbonyl (C=O) groups excluding carboxylic acids is 1. The van der Waals surface area contributed by atoms with Crippen LogP contribution in [0, 0.1) is 0 Å². The molecule has 1 N–H and O–H groups in total. The van der Waals surface area contributed by atoms with Crippen LogP contribution in [0.5, 0.6) is 5.75 Å². The molecule has 0 unspecified atom stereocenters. The Labute approximate surface area is 179 Å². The molecule has 0 atom stereocenters. The molecule has 148 valence electrons. The minimum absolute atomic E-state index is 0.0730. The van der Waals surface area contributed by atoms with Gasteiger partial charge in [-0.05, 0) is 62.3 Å². The highest BCUT2D eigenvalue weighted by atomic mass is 79.9. The second-order valence-corrected chi connectivity index (χ2v) is 7.83. The minimum Gasteiger partial charge on any atom is -0.496 e. The number of halogens is 1. The third kappa shape index (κ3) is 4.15. The fourth-order valence-electron chi connectivity index (χ4n) is 3.82. The van der Waals surface area contributed by atoms with E-state index in [4.69, 9.17) is 9.47 Å². The van der Waals surface area contributed by atoms with Gasteiger partial charge >= 0.3 is 6.09 Å². The highest BCUT2D eigenvalue weighted by molar-refractivity contribution is 9.10. The smallest absolute Gasteiger partial charge is 0.407 e. The molecule has 0 saturated heterocycles. The molecule has 4 rings (SSSR count). The fourth-order valence-corrected chi connectivity index (χ4v) is 4.23. The van der Waals surface area contributed by atoms with Crippen molar-refractivity contribution in [2.24, 2.45) is 0 Å². The van der Waals surface area contributed by atoms with E-state index in [-0.39, 0.29) is 5.92 Å². The van der Waals surface area contributed by atoms with Gasteiger partial charge in [-0.2, -0.15) is 0 Å². The summed E-state index contributed by atoms with van der Waals surface area (Å²) in [6.07, 6.45) is 0.310. The van der Waals surface area contributed by atoms with E-state index in [1.807, 2.05) is 42.5 Å². The molecule has 29 heavy (non-hydrogen) atoms. The number of fused-ring (bicyclic) bond motifs is 3. The van der Waals surface area contributed by atoms with Gasteiger partial charge in [0.25, 0.3) is 0 Å². The van der Waals surface area contributed by atoms with Gasteiger partial charge < -0.3 is 14.8 Å². The predicted molar refractivity (Wildman–Crippen MR) is 117 cm³/mol. The molecule has 0 saturated carbocycles. The summed E-state index contributed by atoms with van der Waals surface area (Å²) >= 11 is 3.44. The maximum Gasteiger partial charge on any atom is 0.407 e. The van der Waals surface area contributed by atoms with Crippen LogP contribution in [0.15, 0.2) is 71.2 Å². The Hall–Kier alpha value is -2.79.